The first-order valence-corrected chi connectivity index (χ1v) is 8.25. The third-order valence-corrected chi connectivity index (χ3v) is 4.25. The third-order valence-electron chi connectivity index (χ3n) is 4.25. The number of anilines is 2. The normalized spacial score (nSPS) is 16.4. The molecule has 0 unspecified atom stereocenters. The first-order valence-electron chi connectivity index (χ1n) is 8.25. The van der Waals surface area contributed by atoms with E-state index in [1.807, 2.05) is 32.0 Å². The van der Waals surface area contributed by atoms with Crippen LogP contribution >= 0.6 is 0 Å². The number of carbonyl (C=O) groups excluding carboxylic acids is 3. The van der Waals surface area contributed by atoms with Crippen LogP contribution in [0, 0.1) is 19.8 Å². The Hall–Kier alpha value is -3.28. The molecule has 0 fully saturated rings. The molecule has 1 aliphatic rings. The summed E-state index contributed by atoms with van der Waals surface area (Å²) in [6, 6.07) is 14.3. The van der Waals surface area contributed by atoms with Gasteiger partial charge in [-0.2, -0.15) is 10.1 Å². The van der Waals surface area contributed by atoms with Crippen LogP contribution in [0.25, 0.3) is 0 Å². The zero-order valence-corrected chi connectivity index (χ0v) is 14.8. The average molecular weight is 349 g/mol. The molecule has 0 spiro atoms. The smallest absolute Gasteiger partial charge is 0.293 e. The Labute approximate surface area is 151 Å². The molecule has 1 N–H and O–H groups in total. The summed E-state index contributed by atoms with van der Waals surface area (Å²) in [5.74, 6) is -3.34. The molecule has 0 radical (unpaired) electrons. The summed E-state index contributed by atoms with van der Waals surface area (Å²) < 4.78 is 0. The van der Waals surface area contributed by atoms with Gasteiger partial charge in [0.25, 0.3) is 11.8 Å². The van der Waals surface area contributed by atoms with Gasteiger partial charge < -0.3 is 5.32 Å². The number of hydrogen-bond acceptors (Lipinski definition) is 4. The number of benzene rings is 2. The van der Waals surface area contributed by atoms with Gasteiger partial charge in [0.15, 0.2) is 0 Å². The molecule has 132 valence electrons. The van der Waals surface area contributed by atoms with Crippen molar-refractivity contribution in [1.29, 1.82) is 0 Å². The number of hydrogen-bond donors (Lipinski definition) is 1. The van der Waals surface area contributed by atoms with Crippen molar-refractivity contribution < 1.29 is 14.4 Å². The molecular weight excluding hydrogens is 330 g/mol. The van der Waals surface area contributed by atoms with Crippen LogP contribution in [0.15, 0.2) is 53.6 Å². The quantitative estimate of drug-likeness (QED) is 0.681. The van der Waals surface area contributed by atoms with Gasteiger partial charge in [0.1, 0.15) is 5.92 Å². The second-order valence-corrected chi connectivity index (χ2v) is 6.30. The Morgan fingerprint density at radius 3 is 2.38 bits per heavy atom. The molecular formula is C20H19N3O3. The van der Waals surface area contributed by atoms with Crippen molar-refractivity contribution in [2.75, 3.05) is 10.3 Å². The van der Waals surface area contributed by atoms with Crippen molar-refractivity contribution in [2.24, 2.45) is 11.0 Å². The van der Waals surface area contributed by atoms with Crippen molar-refractivity contribution in [1.82, 2.24) is 0 Å². The minimum atomic E-state index is -1.19. The molecule has 0 saturated heterocycles. The van der Waals surface area contributed by atoms with Crippen LogP contribution in [0.1, 0.15) is 18.1 Å². The molecule has 1 aliphatic heterocycles. The Kier molecular flexibility index (Phi) is 4.67. The fourth-order valence-corrected chi connectivity index (χ4v) is 2.89. The summed E-state index contributed by atoms with van der Waals surface area (Å²) in [5.41, 5.74) is 3.31. The third kappa shape index (κ3) is 3.26. The molecule has 0 aromatic heterocycles. The van der Waals surface area contributed by atoms with Gasteiger partial charge in [-0.3, -0.25) is 14.4 Å². The van der Waals surface area contributed by atoms with Crippen LogP contribution < -0.4 is 10.3 Å². The number of Topliss-reactive ketones (excluding diaryl/α,β-unsaturated/α-hetero) is 1. The van der Waals surface area contributed by atoms with Gasteiger partial charge in [-0.1, -0.05) is 35.9 Å². The number of ketones is 1. The summed E-state index contributed by atoms with van der Waals surface area (Å²) in [6.07, 6.45) is 0. The number of para-hydroxylation sites is 1. The van der Waals surface area contributed by atoms with Crippen molar-refractivity contribution >= 4 is 34.7 Å². The number of nitrogens with one attached hydrogen (secondary N) is 1. The Balaban J connectivity index is 1.78. The highest BCUT2D eigenvalue weighted by molar-refractivity contribution is 6.50. The maximum absolute atomic E-state index is 12.6. The molecule has 2 amide bonds. The van der Waals surface area contributed by atoms with E-state index >= 15 is 0 Å². The Bertz CT molecular complexity index is 919. The molecule has 0 bridgehead atoms. The molecule has 1 heterocycles. The van der Waals surface area contributed by atoms with Gasteiger partial charge in [-0.15, -0.1) is 0 Å². The van der Waals surface area contributed by atoms with E-state index < -0.39 is 23.5 Å². The minimum Gasteiger partial charge on any atom is -0.319 e. The highest BCUT2D eigenvalue weighted by Gasteiger charge is 2.42. The van der Waals surface area contributed by atoms with Crippen molar-refractivity contribution in [3.63, 3.8) is 0 Å². The largest absolute Gasteiger partial charge is 0.319 e. The van der Waals surface area contributed by atoms with Gasteiger partial charge >= 0.3 is 0 Å². The summed E-state index contributed by atoms with van der Waals surface area (Å²) in [7, 11) is 0. The SMILES string of the molecule is CC1=NN(c2ccccc2)C(=O)[C@H]1C(=O)C(=O)Nc1ccc(C)cc1C. The maximum Gasteiger partial charge on any atom is 0.293 e. The van der Waals surface area contributed by atoms with Gasteiger partial charge in [-0.05, 0) is 44.5 Å². The molecule has 6 nitrogen and oxygen atoms in total. The molecule has 1 atom stereocenters. The molecule has 6 heteroatoms. The molecule has 2 aromatic carbocycles. The van der Waals surface area contributed by atoms with E-state index in [2.05, 4.69) is 10.4 Å². The molecule has 0 saturated carbocycles. The number of hydrazone groups is 1. The van der Waals surface area contributed by atoms with Crippen LogP contribution in [0.3, 0.4) is 0 Å². The Morgan fingerprint density at radius 1 is 1.04 bits per heavy atom. The van der Waals surface area contributed by atoms with Crippen molar-refractivity contribution in [3.8, 4) is 0 Å². The summed E-state index contributed by atoms with van der Waals surface area (Å²) >= 11 is 0. The summed E-state index contributed by atoms with van der Waals surface area (Å²) in [5, 5.41) is 7.92. The van der Waals surface area contributed by atoms with Gasteiger partial charge in [-0.25, -0.2) is 0 Å². The molecule has 0 aliphatic carbocycles. The van der Waals surface area contributed by atoms with E-state index in [9.17, 15) is 14.4 Å². The standard InChI is InChI=1S/C20H19N3O3/c1-12-9-10-16(13(2)11-12)21-19(25)18(24)17-14(3)22-23(20(17)26)15-7-5-4-6-8-15/h4-11,17H,1-3H3,(H,21,25)/t17-/m1/s1. The predicted molar refractivity (Wildman–Crippen MR) is 100 cm³/mol. The predicted octanol–water partition coefficient (Wildman–Crippen LogP) is 2.85. The second-order valence-electron chi connectivity index (χ2n) is 6.30. The summed E-state index contributed by atoms with van der Waals surface area (Å²) in [6.45, 7) is 5.37. The molecule has 26 heavy (non-hydrogen) atoms. The van der Waals surface area contributed by atoms with Gasteiger partial charge in [0, 0.05) is 5.69 Å². The number of aryl methyl sites for hydroxylation is 2. The maximum atomic E-state index is 12.6. The molecule has 2 aromatic rings. The van der Waals surface area contributed by atoms with Crippen LogP contribution in [-0.2, 0) is 14.4 Å². The van der Waals surface area contributed by atoms with Crippen LogP contribution in [0.4, 0.5) is 11.4 Å². The Morgan fingerprint density at radius 2 is 1.73 bits per heavy atom. The van der Waals surface area contributed by atoms with E-state index in [1.54, 1.807) is 37.3 Å². The van der Waals surface area contributed by atoms with Crippen LogP contribution in [-0.4, -0.2) is 23.3 Å². The zero-order chi connectivity index (χ0) is 18.8. The average Bonchev–Trinajstić information content (AvgIpc) is 2.92. The summed E-state index contributed by atoms with van der Waals surface area (Å²) in [4.78, 5) is 37.6. The zero-order valence-electron chi connectivity index (χ0n) is 14.8. The lowest BCUT2D eigenvalue weighted by molar-refractivity contribution is -0.138. The van der Waals surface area contributed by atoms with E-state index in [0.29, 0.717) is 17.1 Å². The van der Waals surface area contributed by atoms with Gasteiger partial charge in [0.05, 0.1) is 11.4 Å². The topological polar surface area (TPSA) is 78.8 Å². The fourth-order valence-electron chi connectivity index (χ4n) is 2.89. The van der Waals surface area contributed by atoms with E-state index in [4.69, 9.17) is 0 Å². The van der Waals surface area contributed by atoms with E-state index in [0.717, 1.165) is 11.1 Å². The lowest BCUT2D eigenvalue weighted by Crippen LogP contribution is -2.39. The lowest BCUT2D eigenvalue weighted by Gasteiger charge is -2.14. The van der Waals surface area contributed by atoms with Crippen LogP contribution in [0.5, 0.6) is 0 Å². The van der Waals surface area contributed by atoms with E-state index in [1.165, 1.54) is 5.01 Å². The monoisotopic (exact) mass is 349 g/mol. The van der Waals surface area contributed by atoms with Crippen LogP contribution in [0.2, 0.25) is 0 Å². The molecule has 3 rings (SSSR count). The minimum absolute atomic E-state index is 0.305. The second kappa shape index (κ2) is 6.92. The van der Waals surface area contributed by atoms with E-state index in [-0.39, 0.29) is 0 Å². The lowest BCUT2D eigenvalue weighted by atomic mass is 9.98. The number of amides is 2. The highest BCUT2D eigenvalue weighted by atomic mass is 16.2. The first kappa shape index (κ1) is 17.5. The van der Waals surface area contributed by atoms with Crippen molar-refractivity contribution in [3.05, 3.63) is 59.7 Å². The number of carbonyl (C=O) groups is 3. The highest BCUT2D eigenvalue weighted by Crippen LogP contribution is 2.25. The number of nitrogens with zero attached hydrogens (tertiary/aromatic N) is 2. The number of rotatable bonds is 4. The first-order chi connectivity index (χ1) is 12.4. The fraction of sp³-hybridized carbons (Fsp3) is 0.200. The van der Waals surface area contributed by atoms with Crippen molar-refractivity contribution in [2.45, 2.75) is 20.8 Å². The van der Waals surface area contributed by atoms with Gasteiger partial charge in [0.2, 0.25) is 5.78 Å².